The summed E-state index contributed by atoms with van der Waals surface area (Å²) in [6.45, 7) is 0. The van der Waals surface area contributed by atoms with Crippen LogP contribution in [0.15, 0.2) is 205 Å². The van der Waals surface area contributed by atoms with E-state index >= 15 is 0 Å². The van der Waals surface area contributed by atoms with Gasteiger partial charge in [-0.15, -0.1) is 0 Å². The molecule has 0 atom stereocenters. The first-order valence-electron chi connectivity index (χ1n) is 18.5. The molecule has 2 nitrogen and oxygen atoms in total. The second kappa shape index (κ2) is 12.2. The normalized spacial score (nSPS) is 11.7. The average Bonchev–Trinajstić information content (AvgIpc) is 3.60. The standard InChI is InChI=1S/C52H33NO/c1-2-10-35(11-3-1)44-13-6-8-16-49(44)53(43-29-26-40-33-51-48(32-41(40)30-43)46-15-7-9-17-50(46)54-51)42-27-24-34(25-28-42)39-23-20-37-19-22-38-21-18-36-12-4-5-14-45(36)52(38)47(37)31-39/h1-33H. The Balaban J connectivity index is 1.07. The number of hydrogen-bond donors (Lipinski definition) is 0. The van der Waals surface area contributed by atoms with Crippen molar-refractivity contribution in [3.05, 3.63) is 200 Å². The monoisotopic (exact) mass is 687 g/mol. The topological polar surface area (TPSA) is 16.4 Å². The van der Waals surface area contributed by atoms with Crippen LogP contribution in [0.4, 0.5) is 17.1 Å². The van der Waals surface area contributed by atoms with E-state index in [0.717, 1.165) is 44.4 Å². The third kappa shape index (κ3) is 4.96. The van der Waals surface area contributed by atoms with Crippen molar-refractivity contribution < 1.29 is 4.42 Å². The third-order valence-corrected chi connectivity index (χ3v) is 11.0. The van der Waals surface area contributed by atoms with Crippen LogP contribution in [0.2, 0.25) is 0 Å². The summed E-state index contributed by atoms with van der Waals surface area (Å²) < 4.78 is 6.24. The van der Waals surface area contributed by atoms with Crippen molar-refractivity contribution >= 4 is 82.1 Å². The molecule has 54 heavy (non-hydrogen) atoms. The molecule has 0 spiro atoms. The SMILES string of the molecule is c1ccc(-c2ccccc2N(c2ccc(-c3ccc4ccc5ccc6ccccc6c5c4c3)cc2)c2ccc3cc4oc5ccccc5c4cc3c2)cc1. The fraction of sp³-hybridized carbons (Fsp3) is 0. The van der Waals surface area contributed by atoms with Crippen molar-refractivity contribution in [2.24, 2.45) is 0 Å². The Morgan fingerprint density at radius 2 is 0.963 bits per heavy atom. The number of anilines is 3. The molecule has 11 aromatic rings. The lowest BCUT2D eigenvalue weighted by atomic mass is 9.94. The number of hydrogen-bond acceptors (Lipinski definition) is 2. The van der Waals surface area contributed by atoms with Crippen LogP contribution in [0, 0.1) is 0 Å². The molecule has 0 aliphatic heterocycles. The molecule has 0 saturated heterocycles. The maximum atomic E-state index is 6.24. The van der Waals surface area contributed by atoms with E-state index in [1.807, 2.05) is 12.1 Å². The highest BCUT2D eigenvalue weighted by Gasteiger charge is 2.19. The van der Waals surface area contributed by atoms with Gasteiger partial charge in [-0.3, -0.25) is 0 Å². The maximum Gasteiger partial charge on any atom is 0.136 e. The van der Waals surface area contributed by atoms with Crippen LogP contribution in [0.3, 0.4) is 0 Å². The number of nitrogens with zero attached hydrogens (tertiary/aromatic N) is 1. The van der Waals surface area contributed by atoms with Gasteiger partial charge in [0.2, 0.25) is 0 Å². The first kappa shape index (κ1) is 30.5. The van der Waals surface area contributed by atoms with Crippen molar-refractivity contribution in [3.8, 4) is 22.3 Å². The third-order valence-electron chi connectivity index (χ3n) is 11.0. The lowest BCUT2D eigenvalue weighted by Gasteiger charge is -2.28. The average molecular weight is 688 g/mol. The molecular formula is C52H33NO. The van der Waals surface area contributed by atoms with Gasteiger partial charge >= 0.3 is 0 Å². The van der Waals surface area contributed by atoms with Crippen LogP contribution in [-0.4, -0.2) is 0 Å². The van der Waals surface area contributed by atoms with Gasteiger partial charge in [-0.25, -0.2) is 0 Å². The minimum Gasteiger partial charge on any atom is -0.456 e. The highest BCUT2D eigenvalue weighted by atomic mass is 16.3. The molecule has 0 saturated carbocycles. The number of fused-ring (bicyclic) bond motifs is 9. The Morgan fingerprint density at radius 3 is 1.83 bits per heavy atom. The minimum atomic E-state index is 0.910. The van der Waals surface area contributed by atoms with E-state index in [1.54, 1.807) is 0 Å². The summed E-state index contributed by atoms with van der Waals surface area (Å²) in [4.78, 5) is 2.39. The van der Waals surface area contributed by atoms with Crippen molar-refractivity contribution in [1.82, 2.24) is 0 Å². The lowest BCUT2D eigenvalue weighted by Crippen LogP contribution is -2.11. The fourth-order valence-electron chi connectivity index (χ4n) is 8.36. The summed E-state index contributed by atoms with van der Waals surface area (Å²) in [6, 6.07) is 72.4. The summed E-state index contributed by atoms with van der Waals surface area (Å²) >= 11 is 0. The zero-order valence-corrected chi connectivity index (χ0v) is 29.4. The predicted octanol–water partition coefficient (Wildman–Crippen LogP) is 15.0. The smallest absolute Gasteiger partial charge is 0.136 e. The Hall–Kier alpha value is -7.16. The predicted molar refractivity (Wildman–Crippen MR) is 229 cm³/mol. The van der Waals surface area contributed by atoms with Crippen LogP contribution >= 0.6 is 0 Å². The van der Waals surface area contributed by atoms with E-state index in [4.69, 9.17) is 4.42 Å². The molecular weight excluding hydrogens is 655 g/mol. The second-order valence-electron chi connectivity index (χ2n) is 14.1. The summed E-state index contributed by atoms with van der Waals surface area (Å²) in [6.07, 6.45) is 0. The fourth-order valence-corrected chi connectivity index (χ4v) is 8.36. The van der Waals surface area contributed by atoms with Gasteiger partial charge in [0.25, 0.3) is 0 Å². The summed E-state index contributed by atoms with van der Waals surface area (Å²) in [5.41, 5.74) is 9.86. The molecule has 252 valence electrons. The molecule has 10 aromatic carbocycles. The molecule has 0 amide bonds. The van der Waals surface area contributed by atoms with Crippen molar-refractivity contribution in [1.29, 1.82) is 0 Å². The first-order chi connectivity index (χ1) is 26.7. The molecule has 0 aliphatic rings. The van der Waals surface area contributed by atoms with Crippen molar-refractivity contribution in [2.75, 3.05) is 4.90 Å². The number of rotatable bonds is 5. The van der Waals surface area contributed by atoms with E-state index in [0.29, 0.717) is 0 Å². The Kier molecular flexibility index (Phi) is 6.90. The molecule has 1 aromatic heterocycles. The molecule has 0 fully saturated rings. The Morgan fingerprint density at radius 1 is 0.315 bits per heavy atom. The van der Waals surface area contributed by atoms with Gasteiger partial charge in [0.05, 0.1) is 5.69 Å². The van der Waals surface area contributed by atoms with Gasteiger partial charge in [-0.2, -0.15) is 0 Å². The molecule has 0 radical (unpaired) electrons. The van der Waals surface area contributed by atoms with E-state index < -0.39 is 0 Å². The summed E-state index contributed by atoms with van der Waals surface area (Å²) in [5, 5.41) is 12.2. The van der Waals surface area contributed by atoms with Crippen LogP contribution < -0.4 is 4.90 Å². The second-order valence-corrected chi connectivity index (χ2v) is 14.1. The van der Waals surface area contributed by atoms with Gasteiger partial charge < -0.3 is 9.32 Å². The van der Waals surface area contributed by atoms with Crippen LogP contribution in [-0.2, 0) is 0 Å². The van der Waals surface area contributed by atoms with Crippen molar-refractivity contribution in [2.45, 2.75) is 0 Å². The summed E-state index contributed by atoms with van der Waals surface area (Å²) in [5.74, 6) is 0. The van der Waals surface area contributed by atoms with Crippen LogP contribution in [0.1, 0.15) is 0 Å². The number of para-hydroxylation sites is 2. The molecule has 11 rings (SSSR count). The molecule has 0 bridgehead atoms. The molecule has 0 unspecified atom stereocenters. The van der Waals surface area contributed by atoms with E-state index in [9.17, 15) is 0 Å². The molecule has 2 heteroatoms. The Bertz CT molecular complexity index is 3210. The zero-order valence-electron chi connectivity index (χ0n) is 29.4. The van der Waals surface area contributed by atoms with Gasteiger partial charge in [0, 0.05) is 27.7 Å². The first-order valence-corrected chi connectivity index (χ1v) is 18.5. The van der Waals surface area contributed by atoms with Gasteiger partial charge in [-0.1, -0.05) is 146 Å². The lowest BCUT2D eigenvalue weighted by molar-refractivity contribution is 0.669. The number of furan rings is 1. The largest absolute Gasteiger partial charge is 0.456 e. The van der Waals surface area contributed by atoms with E-state index in [1.165, 1.54) is 60.0 Å². The van der Waals surface area contributed by atoms with Crippen molar-refractivity contribution in [3.63, 3.8) is 0 Å². The Labute approximate surface area is 312 Å². The quantitative estimate of drug-likeness (QED) is 0.168. The highest BCUT2D eigenvalue weighted by Crippen LogP contribution is 2.43. The molecule has 0 N–H and O–H groups in total. The zero-order chi connectivity index (χ0) is 35.6. The van der Waals surface area contributed by atoms with Crippen LogP contribution in [0.25, 0.3) is 87.3 Å². The van der Waals surface area contributed by atoms with E-state index in [2.05, 4.69) is 193 Å². The molecule has 0 aliphatic carbocycles. The van der Waals surface area contributed by atoms with E-state index in [-0.39, 0.29) is 0 Å². The summed E-state index contributed by atoms with van der Waals surface area (Å²) in [7, 11) is 0. The molecule has 1 heterocycles. The highest BCUT2D eigenvalue weighted by molar-refractivity contribution is 6.20. The number of benzene rings is 10. The maximum absolute atomic E-state index is 6.24. The van der Waals surface area contributed by atoms with Crippen LogP contribution in [0.5, 0.6) is 0 Å². The van der Waals surface area contributed by atoms with Gasteiger partial charge in [0.1, 0.15) is 11.2 Å². The van der Waals surface area contributed by atoms with Gasteiger partial charge in [-0.05, 0) is 114 Å². The van der Waals surface area contributed by atoms with Gasteiger partial charge in [0.15, 0.2) is 0 Å². The minimum absolute atomic E-state index is 0.910.